The van der Waals surface area contributed by atoms with Crippen molar-refractivity contribution >= 4 is 11.6 Å². The molecule has 19 heavy (non-hydrogen) atoms. The molecular formula is C14H20ClFN2O. The topological polar surface area (TPSA) is 26.7 Å². The van der Waals surface area contributed by atoms with Crippen LogP contribution in [0.4, 0.5) is 4.39 Å². The maximum absolute atomic E-state index is 13.2. The van der Waals surface area contributed by atoms with Gasteiger partial charge in [0.05, 0.1) is 11.6 Å². The minimum absolute atomic E-state index is 0.184. The lowest BCUT2D eigenvalue weighted by Crippen LogP contribution is -2.47. The first-order valence-corrected chi connectivity index (χ1v) is 7.02. The monoisotopic (exact) mass is 286 g/mol. The first kappa shape index (κ1) is 14.7. The molecule has 106 valence electrons. The van der Waals surface area contributed by atoms with Gasteiger partial charge < -0.3 is 5.11 Å². The summed E-state index contributed by atoms with van der Waals surface area (Å²) in [4.78, 5) is 4.61. The van der Waals surface area contributed by atoms with Crippen LogP contribution >= 0.6 is 11.6 Å². The number of β-amino-alcohol motifs (C(OH)–C–C–N with tert-alkyl or cyclic N) is 1. The first-order chi connectivity index (χ1) is 9.11. The second-order valence-corrected chi connectivity index (χ2v) is 5.36. The van der Waals surface area contributed by atoms with E-state index in [0.29, 0.717) is 0 Å². The number of aliphatic hydroxyl groups excluding tert-OH is 1. The molecule has 0 aliphatic carbocycles. The van der Waals surface area contributed by atoms with Gasteiger partial charge in [-0.15, -0.1) is 0 Å². The molecule has 1 aliphatic heterocycles. The summed E-state index contributed by atoms with van der Waals surface area (Å²) in [5.41, 5.74) is 1.04. The van der Waals surface area contributed by atoms with Gasteiger partial charge in [0.2, 0.25) is 0 Å². The molecule has 0 amide bonds. The Balaban J connectivity index is 1.97. The summed E-state index contributed by atoms with van der Waals surface area (Å²) >= 11 is 5.83. The zero-order valence-corrected chi connectivity index (χ0v) is 11.9. The van der Waals surface area contributed by atoms with Crippen LogP contribution in [0.1, 0.15) is 18.5 Å². The molecule has 1 heterocycles. The fourth-order valence-electron chi connectivity index (χ4n) is 2.50. The third kappa shape index (κ3) is 3.66. The van der Waals surface area contributed by atoms with Gasteiger partial charge >= 0.3 is 0 Å². The molecule has 1 aromatic rings. The van der Waals surface area contributed by atoms with Crippen molar-refractivity contribution in [3.8, 4) is 0 Å². The molecule has 1 aromatic carbocycles. The van der Waals surface area contributed by atoms with E-state index in [1.807, 2.05) is 0 Å². The van der Waals surface area contributed by atoms with Crippen LogP contribution in [0.3, 0.4) is 0 Å². The second-order valence-electron chi connectivity index (χ2n) is 4.95. The third-order valence-corrected chi connectivity index (χ3v) is 4.09. The largest absolute Gasteiger partial charge is 0.395 e. The van der Waals surface area contributed by atoms with Crippen LogP contribution in [0.5, 0.6) is 0 Å². The molecule has 3 nitrogen and oxygen atoms in total. The van der Waals surface area contributed by atoms with Crippen molar-refractivity contribution in [2.45, 2.75) is 13.0 Å². The van der Waals surface area contributed by atoms with E-state index in [4.69, 9.17) is 16.7 Å². The van der Waals surface area contributed by atoms with Gasteiger partial charge in [-0.1, -0.05) is 17.7 Å². The van der Waals surface area contributed by atoms with Gasteiger partial charge in [-0.3, -0.25) is 9.80 Å². The molecule has 2 rings (SSSR count). The second kappa shape index (κ2) is 6.66. The van der Waals surface area contributed by atoms with Crippen LogP contribution in [0, 0.1) is 5.82 Å². The summed E-state index contributed by atoms with van der Waals surface area (Å²) in [7, 11) is 0. The van der Waals surface area contributed by atoms with Crippen LogP contribution in [0.15, 0.2) is 18.2 Å². The average Bonchev–Trinajstić information content (AvgIpc) is 2.42. The average molecular weight is 287 g/mol. The summed E-state index contributed by atoms with van der Waals surface area (Å²) in [5.74, 6) is -0.370. The smallest absolute Gasteiger partial charge is 0.141 e. The van der Waals surface area contributed by atoms with Crippen molar-refractivity contribution in [1.82, 2.24) is 9.80 Å². The zero-order valence-electron chi connectivity index (χ0n) is 11.1. The standard InChI is InChI=1S/C14H20ClFN2O/c1-11(12-2-3-14(16)13(15)10-12)18-6-4-17(5-7-18)8-9-19/h2-3,10-11,19H,4-9H2,1H3/t11-/m1/s1. The summed E-state index contributed by atoms with van der Waals surface area (Å²) in [6, 6.07) is 5.17. The lowest BCUT2D eigenvalue weighted by atomic mass is 10.1. The Bertz CT molecular complexity index is 422. The van der Waals surface area contributed by atoms with Crippen LogP contribution in [-0.2, 0) is 0 Å². The maximum Gasteiger partial charge on any atom is 0.141 e. The van der Waals surface area contributed by atoms with Crippen molar-refractivity contribution in [2.24, 2.45) is 0 Å². The molecule has 0 saturated carbocycles. The van der Waals surface area contributed by atoms with Crippen LogP contribution in [0.2, 0.25) is 5.02 Å². The molecule has 0 unspecified atom stereocenters. The summed E-state index contributed by atoms with van der Waals surface area (Å²) < 4.78 is 13.2. The molecule has 0 spiro atoms. The lowest BCUT2D eigenvalue weighted by molar-refractivity contribution is 0.0888. The normalized spacial score (nSPS) is 19.6. The SMILES string of the molecule is C[C@H](c1ccc(F)c(Cl)c1)N1CCN(CCO)CC1. The fourth-order valence-corrected chi connectivity index (χ4v) is 2.69. The van der Waals surface area contributed by atoms with E-state index >= 15 is 0 Å². The van der Waals surface area contributed by atoms with Crippen molar-refractivity contribution in [2.75, 3.05) is 39.3 Å². The molecule has 1 fully saturated rings. The Labute approximate surface area is 118 Å². The van der Waals surface area contributed by atoms with E-state index in [-0.39, 0.29) is 23.5 Å². The van der Waals surface area contributed by atoms with E-state index in [2.05, 4.69) is 16.7 Å². The van der Waals surface area contributed by atoms with Gasteiger partial charge in [-0.05, 0) is 24.6 Å². The highest BCUT2D eigenvalue weighted by Crippen LogP contribution is 2.25. The summed E-state index contributed by atoms with van der Waals surface area (Å²) in [5, 5.41) is 9.11. The number of hydrogen-bond acceptors (Lipinski definition) is 3. The Hall–Kier alpha value is -0.680. The van der Waals surface area contributed by atoms with Crippen molar-refractivity contribution in [1.29, 1.82) is 0 Å². The molecule has 1 atom stereocenters. The number of piperazine rings is 1. The van der Waals surface area contributed by atoms with Gasteiger partial charge in [0, 0.05) is 38.8 Å². The number of aliphatic hydroxyl groups is 1. The predicted molar refractivity (Wildman–Crippen MR) is 74.9 cm³/mol. The quantitative estimate of drug-likeness (QED) is 0.919. The molecule has 0 aromatic heterocycles. The zero-order chi connectivity index (χ0) is 13.8. The highest BCUT2D eigenvalue weighted by atomic mass is 35.5. The Morgan fingerprint density at radius 1 is 1.32 bits per heavy atom. The maximum atomic E-state index is 13.2. The molecule has 5 heteroatoms. The van der Waals surface area contributed by atoms with Gasteiger partial charge in [0.25, 0.3) is 0 Å². The number of halogens is 2. The van der Waals surface area contributed by atoms with Crippen LogP contribution in [-0.4, -0.2) is 54.2 Å². The molecule has 1 saturated heterocycles. The molecule has 1 N–H and O–H groups in total. The Morgan fingerprint density at radius 3 is 2.58 bits per heavy atom. The first-order valence-electron chi connectivity index (χ1n) is 6.64. The number of hydrogen-bond donors (Lipinski definition) is 1. The molecule has 1 aliphatic rings. The fraction of sp³-hybridized carbons (Fsp3) is 0.571. The van der Waals surface area contributed by atoms with Crippen molar-refractivity contribution < 1.29 is 9.50 Å². The minimum atomic E-state index is -0.370. The third-order valence-electron chi connectivity index (χ3n) is 3.80. The van der Waals surface area contributed by atoms with E-state index in [0.717, 1.165) is 38.3 Å². The van der Waals surface area contributed by atoms with Crippen molar-refractivity contribution in [3.63, 3.8) is 0 Å². The predicted octanol–water partition coefficient (Wildman–Crippen LogP) is 2.15. The van der Waals surface area contributed by atoms with Crippen LogP contribution in [0.25, 0.3) is 0 Å². The van der Waals surface area contributed by atoms with E-state index in [1.165, 1.54) is 6.07 Å². The lowest BCUT2D eigenvalue weighted by Gasteiger charge is -2.38. The molecular weight excluding hydrogens is 267 g/mol. The van der Waals surface area contributed by atoms with Gasteiger partial charge in [0.1, 0.15) is 5.82 Å². The van der Waals surface area contributed by atoms with E-state index in [1.54, 1.807) is 12.1 Å². The molecule has 0 bridgehead atoms. The number of rotatable bonds is 4. The van der Waals surface area contributed by atoms with Crippen molar-refractivity contribution in [3.05, 3.63) is 34.6 Å². The minimum Gasteiger partial charge on any atom is -0.395 e. The van der Waals surface area contributed by atoms with E-state index in [9.17, 15) is 4.39 Å². The Kier molecular flexibility index (Phi) is 5.16. The molecule has 0 radical (unpaired) electrons. The Morgan fingerprint density at radius 2 is 2.00 bits per heavy atom. The van der Waals surface area contributed by atoms with Gasteiger partial charge in [-0.25, -0.2) is 4.39 Å². The summed E-state index contributed by atoms with van der Waals surface area (Å²) in [6.07, 6.45) is 0. The highest BCUT2D eigenvalue weighted by molar-refractivity contribution is 6.30. The number of nitrogens with zero attached hydrogens (tertiary/aromatic N) is 2. The van der Waals surface area contributed by atoms with E-state index < -0.39 is 0 Å². The summed E-state index contributed by atoms with van der Waals surface area (Å²) in [6.45, 7) is 6.89. The number of benzene rings is 1. The van der Waals surface area contributed by atoms with Crippen LogP contribution < -0.4 is 0 Å². The van der Waals surface area contributed by atoms with Gasteiger partial charge in [-0.2, -0.15) is 0 Å². The van der Waals surface area contributed by atoms with Gasteiger partial charge in [0.15, 0.2) is 0 Å². The highest BCUT2D eigenvalue weighted by Gasteiger charge is 2.22.